The number of aromatic hydroxyl groups is 1. The summed E-state index contributed by atoms with van der Waals surface area (Å²) >= 11 is 0. The van der Waals surface area contributed by atoms with Crippen LogP contribution in [0, 0.1) is 0 Å². The fourth-order valence-electron chi connectivity index (χ4n) is 2.92. The number of aliphatic hydroxyl groups is 1. The van der Waals surface area contributed by atoms with Gasteiger partial charge >= 0.3 is 5.63 Å². The topological polar surface area (TPSA) is 97.0 Å². The summed E-state index contributed by atoms with van der Waals surface area (Å²) in [5, 5.41) is 21.1. The van der Waals surface area contributed by atoms with Crippen molar-refractivity contribution in [1.29, 1.82) is 0 Å². The van der Waals surface area contributed by atoms with E-state index in [9.17, 15) is 19.8 Å². The number of carbonyl (C=O) groups is 1. The molecule has 120 valence electrons. The van der Waals surface area contributed by atoms with E-state index in [4.69, 9.17) is 9.15 Å². The molecule has 0 bridgehead atoms. The zero-order valence-electron chi connectivity index (χ0n) is 12.6. The first-order valence-electron chi connectivity index (χ1n) is 7.27. The van der Waals surface area contributed by atoms with Crippen LogP contribution in [0.5, 0.6) is 17.2 Å². The van der Waals surface area contributed by atoms with Gasteiger partial charge in [-0.05, 0) is 25.1 Å². The molecular formula is C18H12O6. The van der Waals surface area contributed by atoms with Crippen LogP contribution in [-0.4, -0.2) is 16.0 Å². The molecule has 0 saturated heterocycles. The summed E-state index contributed by atoms with van der Waals surface area (Å²) in [6.45, 7) is 1.30. The van der Waals surface area contributed by atoms with Gasteiger partial charge in [0.15, 0.2) is 11.5 Å². The molecule has 1 aromatic heterocycles. The Morgan fingerprint density at radius 2 is 1.96 bits per heavy atom. The minimum atomic E-state index is -1.32. The summed E-state index contributed by atoms with van der Waals surface area (Å²) in [6.07, 6.45) is -1.32. The number of hydrogen-bond acceptors (Lipinski definition) is 6. The lowest BCUT2D eigenvalue weighted by atomic mass is 9.94. The van der Waals surface area contributed by atoms with E-state index in [1.165, 1.54) is 19.1 Å². The van der Waals surface area contributed by atoms with Crippen molar-refractivity contribution in [2.75, 3.05) is 0 Å². The van der Waals surface area contributed by atoms with Crippen LogP contribution < -0.4 is 10.4 Å². The molecule has 1 aliphatic heterocycles. The lowest BCUT2D eigenvalue weighted by molar-refractivity contribution is 0.101. The van der Waals surface area contributed by atoms with Crippen molar-refractivity contribution < 1.29 is 24.2 Å². The molecule has 3 aromatic rings. The quantitative estimate of drug-likeness (QED) is 0.528. The normalized spacial score (nSPS) is 15.5. The number of ketones is 1. The average Bonchev–Trinajstić information content (AvgIpc) is 2.54. The number of ether oxygens (including phenoxy) is 1. The number of carbonyl (C=O) groups excluding carboxylic acids is 1. The second-order valence-corrected chi connectivity index (χ2v) is 5.60. The van der Waals surface area contributed by atoms with E-state index in [1.807, 2.05) is 0 Å². The Morgan fingerprint density at radius 1 is 1.21 bits per heavy atom. The molecule has 2 N–H and O–H groups in total. The Kier molecular flexibility index (Phi) is 2.98. The first kappa shape index (κ1) is 14.5. The zero-order valence-corrected chi connectivity index (χ0v) is 12.6. The fraction of sp³-hybridized carbons (Fsp3) is 0.111. The molecule has 0 spiro atoms. The third-order valence-electron chi connectivity index (χ3n) is 4.09. The van der Waals surface area contributed by atoms with Gasteiger partial charge in [-0.3, -0.25) is 4.79 Å². The van der Waals surface area contributed by atoms with Crippen LogP contribution in [0.3, 0.4) is 0 Å². The van der Waals surface area contributed by atoms with Crippen molar-refractivity contribution in [2.24, 2.45) is 0 Å². The Labute approximate surface area is 135 Å². The van der Waals surface area contributed by atoms with Gasteiger partial charge in [-0.25, -0.2) is 4.79 Å². The number of hydrogen-bond donors (Lipinski definition) is 2. The summed E-state index contributed by atoms with van der Waals surface area (Å²) in [6, 6.07) is 9.40. The van der Waals surface area contributed by atoms with Crippen molar-refractivity contribution in [3.8, 4) is 17.2 Å². The molecule has 0 amide bonds. The molecule has 1 aliphatic rings. The summed E-state index contributed by atoms with van der Waals surface area (Å²) < 4.78 is 11.0. The summed E-state index contributed by atoms with van der Waals surface area (Å²) in [7, 11) is 0. The monoisotopic (exact) mass is 324 g/mol. The van der Waals surface area contributed by atoms with E-state index in [0.717, 1.165) is 0 Å². The number of aliphatic hydroxyl groups excluding tert-OH is 1. The lowest BCUT2D eigenvalue weighted by Crippen LogP contribution is -2.19. The predicted molar refractivity (Wildman–Crippen MR) is 84.7 cm³/mol. The third kappa shape index (κ3) is 1.93. The van der Waals surface area contributed by atoms with Crippen LogP contribution in [0.25, 0.3) is 11.0 Å². The minimum absolute atomic E-state index is 0.0265. The Balaban J connectivity index is 2.02. The second-order valence-electron chi connectivity index (χ2n) is 5.60. The summed E-state index contributed by atoms with van der Waals surface area (Å²) in [4.78, 5) is 23.8. The zero-order chi connectivity index (χ0) is 17.0. The maximum Gasteiger partial charge on any atom is 0.346 e. The van der Waals surface area contributed by atoms with Crippen molar-refractivity contribution >= 4 is 16.8 Å². The van der Waals surface area contributed by atoms with Crippen molar-refractivity contribution in [3.63, 3.8) is 0 Å². The largest absolute Gasteiger partial charge is 0.507 e. The Morgan fingerprint density at radius 3 is 2.71 bits per heavy atom. The highest BCUT2D eigenvalue weighted by molar-refractivity contribution is 5.97. The van der Waals surface area contributed by atoms with Gasteiger partial charge in [0.25, 0.3) is 0 Å². The fourth-order valence-corrected chi connectivity index (χ4v) is 2.92. The second kappa shape index (κ2) is 4.94. The Bertz CT molecular complexity index is 1060. The molecule has 6 nitrogen and oxygen atoms in total. The number of para-hydroxylation sites is 1. The summed E-state index contributed by atoms with van der Waals surface area (Å²) in [5.41, 5.74) is -0.125. The molecule has 1 atom stereocenters. The van der Waals surface area contributed by atoms with E-state index in [0.29, 0.717) is 11.0 Å². The van der Waals surface area contributed by atoms with E-state index in [-0.39, 0.29) is 39.7 Å². The van der Waals surface area contributed by atoms with Crippen LogP contribution in [0.2, 0.25) is 0 Å². The van der Waals surface area contributed by atoms with E-state index < -0.39 is 11.7 Å². The molecule has 0 aliphatic carbocycles. The SMILES string of the molecule is CC(=O)c1cc2c(cc1O)Oc1c(c(=O)oc3ccccc13)C2O. The van der Waals surface area contributed by atoms with Crippen LogP contribution >= 0.6 is 0 Å². The van der Waals surface area contributed by atoms with E-state index >= 15 is 0 Å². The smallest absolute Gasteiger partial charge is 0.346 e. The number of phenolic OH excluding ortho intramolecular Hbond substituents is 1. The highest BCUT2D eigenvalue weighted by atomic mass is 16.5. The maximum absolute atomic E-state index is 12.3. The minimum Gasteiger partial charge on any atom is -0.507 e. The lowest BCUT2D eigenvalue weighted by Gasteiger charge is -2.25. The number of fused-ring (bicyclic) bond motifs is 4. The molecular weight excluding hydrogens is 312 g/mol. The van der Waals surface area contributed by atoms with Crippen molar-refractivity contribution in [1.82, 2.24) is 0 Å². The maximum atomic E-state index is 12.3. The standard InChI is InChI=1S/C18H12O6/c1-8(19)10-6-11-14(7-12(10)20)23-17-9-4-2-3-5-13(9)24-18(22)15(17)16(11)21/h2-7,16,20-21H,1H3. The van der Waals surface area contributed by atoms with Crippen LogP contribution in [0.15, 0.2) is 45.6 Å². The molecule has 0 saturated carbocycles. The van der Waals surface area contributed by atoms with E-state index in [2.05, 4.69) is 0 Å². The molecule has 4 rings (SSSR count). The van der Waals surface area contributed by atoms with Gasteiger partial charge in [0, 0.05) is 11.6 Å². The first-order chi connectivity index (χ1) is 11.5. The van der Waals surface area contributed by atoms with Crippen LogP contribution in [0.4, 0.5) is 0 Å². The van der Waals surface area contributed by atoms with Crippen molar-refractivity contribution in [3.05, 3.63) is 63.5 Å². The molecule has 2 heterocycles. The van der Waals surface area contributed by atoms with Gasteiger partial charge in [-0.1, -0.05) is 12.1 Å². The van der Waals surface area contributed by atoms with Gasteiger partial charge in [0.05, 0.1) is 10.9 Å². The molecule has 6 heteroatoms. The Hall–Kier alpha value is -3.12. The highest BCUT2D eigenvalue weighted by Crippen LogP contribution is 2.46. The highest BCUT2D eigenvalue weighted by Gasteiger charge is 2.32. The number of phenols is 1. The van der Waals surface area contributed by atoms with Gasteiger partial charge < -0.3 is 19.4 Å². The molecule has 2 aromatic carbocycles. The van der Waals surface area contributed by atoms with E-state index in [1.54, 1.807) is 24.3 Å². The first-order valence-corrected chi connectivity index (χ1v) is 7.27. The third-order valence-corrected chi connectivity index (χ3v) is 4.09. The van der Waals surface area contributed by atoms with Crippen LogP contribution in [0.1, 0.15) is 34.5 Å². The number of rotatable bonds is 1. The van der Waals surface area contributed by atoms with Crippen molar-refractivity contribution in [2.45, 2.75) is 13.0 Å². The van der Waals surface area contributed by atoms with Gasteiger partial charge in [0.1, 0.15) is 28.7 Å². The average molecular weight is 324 g/mol. The van der Waals surface area contributed by atoms with Gasteiger partial charge in [-0.15, -0.1) is 0 Å². The predicted octanol–water partition coefficient (Wildman–Crippen LogP) is 2.89. The molecule has 0 fully saturated rings. The molecule has 0 radical (unpaired) electrons. The number of Topliss-reactive ketones (excluding diaryl/α,β-unsaturated/α-hetero) is 1. The molecule has 24 heavy (non-hydrogen) atoms. The number of benzene rings is 2. The molecule has 1 unspecified atom stereocenters. The summed E-state index contributed by atoms with van der Waals surface area (Å²) in [5.74, 6) is -0.229. The van der Waals surface area contributed by atoms with Gasteiger partial charge in [0.2, 0.25) is 0 Å². The van der Waals surface area contributed by atoms with Crippen LogP contribution in [-0.2, 0) is 0 Å². The van der Waals surface area contributed by atoms with Gasteiger partial charge in [-0.2, -0.15) is 0 Å².